The minimum Gasteiger partial charge on any atom is -0.465 e. The molecule has 0 saturated heterocycles. The second-order valence-corrected chi connectivity index (χ2v) is 3.73. The molecule has 0 aliphatic carbocycles. The van der Waals surface area contributed by atoms with Crippen LogP contribution in [-0.2, 0) is 6.42 Å². The van der Waals surface area contributed by atoms with Gasteiger partial charge in [0, 0.05) is 4.91 Å². The summed E-state index contributed by atoms with van der Waals surface area (Å²) in [5, 5.41) is 23.9. The molecule has 0 radical (unpaired) electrons. The van der Waals surface area contributed by atoms with E-state index in [1.165, 1.54) is 0 Å². The molecule has 0 bridgehead atoms. The Kier molecular flexibility index (Phi) is 5.50. The van der Waals surface area contributed by atoms with Gasteiger partial charge in [-0.1, -0.05) is 35.4 Å². The zero-order chi connectivity index (χ0) is 13.4. The van der Waals surface area contributed by atoms with Crippen molar-refractivity contribution < 1.29 is 15.0 Å². The van der Waals surface area contributed by atoms with Crippen LogP contribution in [0.2, 0.25) is 0 Å². The molecule has 0 spiro atoms. The van der Waals surface area contributed by atoms with Gasteiger partial charge >= 0.3 is 6.09 Å². The van der Waals surface area contributed by atoms with Crippen molar-refractivity contribution in [1.82, 2.24) is 5.32 Å². The van der Waals surface area contributed by atoms with Gasteiger partial charge < -0.3 is 15.5 Å². The SMILES string of the molecule is [N-]=[N+]=NC[C@@H](O)[C@H](Cc1ccccc1)NC(=O)O. The summed E-state index contributed by atoms with van der Waals surface area (Å²) in [7, 11) is 0. The maximum atomic E-state index is 10.7. The average Bonchev–Trinajstić information content (AvgIpc) is 2.36. The zero-order valence-electron chi connectivity index (χ0n) is 9.60. The number of benzene rings is 1. The minimum absolute atomic E-state index is 0.172. The fraction of sp³-hybridized carbons (Fsp3) is 0.364. The molecule has 1 rings (SSSR count). The Labute approximate surface area is 104 Å². The van der Waals surface area contributed by atoms with Gasteiger partial charge in [-0.15, -0.1) is 0 Å². The third-order valence-corrected chi connectivity index (χ3v) is 2.40. The van der Waals surface area contributed by atoms with Crippen molar-refractivity contribution in [3.05, 3.63) is 46.3 Å². The van der Waals surface area contributed by atoms with Crippen molar-refractivity contribution in [2.75, 3.05) is 6.54 Å². The van der Waals surface area contributed by atoms with Gasteiger partial charge in [-0.25, -0.2) is 4.79 Å². The van der Waals surface area contributed by atoms with E-state index >= 15 is 0 Å². The lowest BCUT2D eigenvalue weighted by molar-refractivity contribution is 0.125. The van der Waals surface area contributed by atoms with E-state index in [0.717, 1.165) is 5.56 Å². The number of carboxylic acid groups (broad SMARTS) is 1. The summed E-state index contributed by atoms with van der Waals surface area (Å²) in [6.07, 6.45) is -1.96. The van der Waals surface area contributed by atoms with Crippen molar-refractivity contribution in [2.45, 2.75) is 18.6 Å². The van der Waals surface area contributed by atoms with Crippen LogP contribution in [0, 0.1) is 0 Å². The van der Waals surface area contributed by atoms with E-state index < -0.39 is 18.2 Å². The second-order valence-electron chi connectivity index (χ2n) is 3.73. The molecule has 0 aromatic heterocycles. The van der Waals surface area contributed by atoms with Crippen LogP contribution in [0.15, 0.2) is 35.4 Å². The van der Waals surface area contributed by atoms with Crippen LogP contribution in [0.5, 0.6) is 0 Å². The molecule has 3 N–H and O–H groups in total. The number of amides is 1. The summed E-state index contributed by atoms with van der Waals surface area (Å²) < 4.78 is 0. The fourth-order valence-corrected chi connectivity index (χ4v) is 1.56. The molecule has 96 valence electrons. The van der Waals surface area contributed by atoms with E-state index in [1.807, 2.05) is 30.3 Å². The Morgan fingerprint density at radius 2 is 2.11 bits per heavy atom. The molecule has 7 nitrogen and oxygen atoms in total. The van der Waals surface area contributed by atoms with Gasteiger partial charge in [-0.3, -0.25) is 0 Å². The Bertz CT molecular complexity index is 431. The van der Waals surface area contributed by atoms with E-state index in [9.17, 15) is 9.90 Å². The molecule has 0 heterocycles. The Balaban J connectivity index is 2.71. The summed E-state index contributed by atoms with van der Waals surface area (Å²) in [6.45, 7) is -0.172. The van der Waals surface area contributed by atoms with Crippen molar-refractivity contribution >= 4 is 6.09 Å². The number of nitrogens with one attached hydrogen (secondary N) is 1. The lowest BCUT2D eigenvalue weighted by Gasteiger charge is -2.21. The number of hydrogen-bond donors (Lipinski definition) is 3. The summed E-state index contributed by atoms with van der Waals surface area (Å²) in [4.78, 5) is 13.2. The van der Waals surface area contributed by atoms with Crippen molar-refractivity contribution in [2.24, 2.45) is 5.11 Å². The maximum Gasteiger partial charge on any atom is 0.404 e. The van der Waals surface area contributed by atoms with Crippen LogP contribution in [0.25, 0.3) is 10.4 Å². The van der Waals surface area contributed by atoms with E-state index in [-0.39, 0.29) is 6.54 Å². The van der Waals surface area contributed by atoms with E-state index in [1.54, 1.807) is 0 Å². The van der Waals surface area contributed by atoms with Gasteiger partial charge in [0.2, 0.25) is 0 Å². The van der Waals surface area contributed by atoms with Gasteiger partial charge in [0.15, 0.2) is 0 Å². The number of nitrogens with zero attached hydrogens (tertiary/aromatic N) is 3. The Morgan fingerprint density at radius 3 is 2.67 bits per heavy atom. The first kappa shape index (κ1) is 13.8. The molecule has 1 amide bonds. The summed E-state index contributed by atoms with van der Waals surface area (Å²) in [6, 6.07) is 8.45. The van der Waals surface area contributed by atoms with E-state index in [2.05, 4.69) is 15.3 Å². The first-order chi connectivity index (χ1) is 8.63. The monoisotopic (exact) mass is 250 g/mol. The van der Waals surface area contributed by atoms with Crippen molar-refractivity contribution in [3.63, 3.8) is 0 Å². The van der Waals surface area contributed by atoms with Crippen LogP contribution in [-0.4, -0.2) is 35.0 Å². The third kappa shape index (κ3) is 4.73. The predicted molar refractivity (Wildman–Crippen MR) is 65.1 cm³/mol. The van der Waals surface area contributed by atoms with Gasteiger partial charge in [-0.2, -0.15) is 0 Å². The summed E-state index contributed by atoms with van der Waals surface area (Å²) in [5.41, 5.74) is 9.06. The molecule has 2 atom stereocenters. The molecule has 0 aliphatic heterocycles. The van der Waals surface area contributed by atoms with Gasteiger partial charge in [0.1, 0.15) is 0 Å². The molecular weight excluding hydrogens is 236 g/mol. The number of aliphatic hydroxyl groups excluding tert-OH is 1. The number of azide groups is 1. The number of aliphatic hydroxyl groups is 1. The topological polar surface area (TPSA) is 118 Å². The van der Waals surface area contributed by atoms with E-state index in [4.69, 9.17) is 10.6 Å². The number of hydrogen-bond acceptors (Lipinski definition) is 3. The second kappa shape index (κ2) is 7.16. The minimum atomic E-state index is -1.23. The fourth-order valence-electron chi connectivity index (χ4n) is 1.56. The van der Waals surface area contributed by atoms with Crippen molar-refractivity contribution in [1.29, 1.82) is 0 Å². The average molecular weight is 250 g/mol. The van der Waals surface area contributed by atoms with Crippen LogP contribution in [0.1, 0.15) is 5.56 Å². The molecule has 7 heteroatoms. The Morgan fingerprint density at radius 1 is 1.44 bits per heavy atom. The normalized spacial score (nSPS) is 13.2. The lowest BCUT2D eigenvalue weighted by Crippen LogP contribution is -2.45. The number of rotatable bonds is 6. The molecule has 1 aromatic rings. The highest BCUT2D eigenvalue weighted by molar-refractivity contribution is 5.65. The lowest BCUT2D eigenvalue weighted by atomic mass is 10.0. The smallest absolute Gasteiger partial charge is 0.404 e. The highest BCUT2D eigenvalue weighted by atomic mass is 16.4. The van der Waals surface area contributed by atoms with Crippen LogP contribution >= 0.6 is 0 Å². The molecule has 0 fully saturated rings. The van der Waals surface area contributed by atoms with Gasteiger partial charge in [0.05, 0.1) is 18.7 Å². The van der Waals surface area contributed by atoms with E-state index in [0.29, 0.717) is 6.42 Å². The van der Waals surface area contributed by atoms with Crippen LogP contribution in [0.3, 0.4) is 0 Å². The first-order valence-electron chi connectivity index (χ1n) is 5.35. The molecular formula is C11H14N4O3. The molecule has 18 heavy (non-hydrogen) atoms. The molecule has 0 aliphatic rings. The Hall–Kier alpha value is -2.24. The summed E-state index contributed by atoms with van der Waals surface area (Å²) in [5.74, 6) is 0. The third-order valence-electron chi connectivity index (χ3n) is 2.40. The first-order valence-corrected chi connectivity index (χ1v) is 5.35. The van der Waals surface area contributed by atoms with Crippen LogP contribution in [0.4, 0.5) is 4.79 Å². The number of carbonyl (C=O) groups is 1. The van der Waals surface area contributed by atoms with Gasteiger partial charge in [0.25, 0.3) is 0 Å². The van der Waals surface area contributed by atoms with Gasteiger partial charge in [-0.05, 0) is 17.5 Å². The predicted octanol–water partition coefficient (Wildman–Crippen LogP) is 1.54. The maximum absolute atomic E-state index is 10.7. The largest absolute Gasteiger partial charge is 0.465 e. The summed E-state index contributed by atoms with van der Waals surface area (Å²) >= 11 is 0. The highest BCUT2D eigenvalue weighted by Gasteiger charge is 2.20. The van der Waals surface area contributed by atoms with Crippen LogP contribution < -0.4 is 5.32 Å². The molecule has 0 unspecified atom stereocenters. The standard InChI is InChI=1S/C11H14N4O3/c12-15-13-7-10(16)9(14-11(17)18)6-8-4-2-1-3-5-8/h1-5,9-10,14,16H,6-7H2,(H,17,18)/t9-,10+/m0/s1. The van der Waals surface area contributed by atoms with Crippen molar-refractivity contribution in [3.8, 4) is 0 Å². The highest BCUT2D eigenvalue weighted by Crippen LogP contribution is 2.07. The molecule has 1 aromatic carbocycles. The quantitative estimate of drug-likeness (QED) is 0.403. The molecule has 0 saturated carbocycles. The zero-order valence-corrected chi connectivity index (χ0v) is 9.60.